The zero-order valence-corrected chi connectivity index (χ0v) is 10.4. The smallest absolute Gasteiger partial charge is 0.0634 e. The molecule has 0 fully saturated rings. The zero-order chi connectivity index (χ0) is 11.1. The van der Waals surface area contributed by atoms with E-state index in [4.69, 9.17) is 23.2 Å². The van der Waals surface area contributed by atoms with Gasteiger partial charge >= 0.3 is 0 Å². The van der Waals surface area contributed by atoms with Gasteiger partial charge in [-0.1, -0.05) is 18.5 Å². The van der Waals surface area contributed by atoms with Gasteiger partial charge < -0.3 is 5.32 Å². The van der Waals surface area contributed by atoms with E-state index in [2.05, 4.69) is 17.2 Å². The molecule has 15 heavy (non-hydrogen) atoms. The fraction of sp³-hybridized carbons (Fsp3) is 0.545. The van der Waals surface area contributed by atoms with Crippen molar-refractivity contribution in [3.05, 3.63) is 29.0 Å². The Balaban J connectivity index is 2.29. The van der Waals surface area contributed by atoms with E-state index in [0.717, 1.165) is 36.0 Å². The van der Waals surface area contributed by atoms with Crippen molar-refractivity contribution in [1.29, 1.82) is 0 Å². The highest BCUT2D eigenvalue weighted by Crippen LogP contribution is 2.12. The standard InChI is InChI=1S/C11H16Cl2N2/c1-9(2-4-12)6-15-7-10-3-5-14-8-11(10)13/h3,5,8-9,15H,2,4,6-7H2,1H3. The van der Waals surface area contributed by atoms with Crippen LogP contribution in [0.5, 0.6) is 0 Å². The van der Waals surface area contributed by atoms with Gasteiger partial charge in [0.05, 0.1) is 5.02 Å². The highest BCUT2D eigenvalue weighted by atomic mass is 35.5. The first-order valence-electron chi connectivity index (χ1n) is 5.09. The van der Waals surface area contributed by atoms with Crippen molar-refractivity contribution in [2.75, 3.05) is 12.4 Å². The molecule has 2 nitrogen and oxygen atoms in total. The molecular formula is C11H16Cl2N2. The molecule has 1 aromatic heterocycles. The lowest BCUT2D eigenvalue weighted by Gasteiger charge is -2.11. The molecule has 0 amide bonds. The van der Waals surface area contributed by atoms with Gasteiger partial charge in [-0.3, -0.25) is 4.98 Å². The van der Waals surface area contributed by atoms with E-state index < -0.39 is 0 Å². The molecule has 0 aliphatic heterocycles. The molecule has 0 saturated carbocycles. The summed E-state index contributed by atoms with van der Waals surface area (Å²) in [6, 6.07) is 1.93. The van der Waals surface area contributed by atoms with Crippen LogP contribution in [0.3, 0.4) is 0 Å². The van der Waals surface area contributed by atoms with Gasteiger partial charge in [-0.2, -0.15) is 0 Å². The maximum Gasteiger partial charge on any atom is 0.0634 e. The van der Waals surface area contributed by atoms with Crippen molar-refractivity contribution < 1.29 is 0 Å². The van der Waals surface area contributed by atoms with E-state index in [-0.39, 0.29) is 0 Å². The maximum atomic E-state index is 5.98. The zero-order valence-electron chi connectivity index (χ0n) is 8.84. The third-order valence-electron chi connectivity index (χ3n) is 2.27. The first-order valence-corrected chi connectivity index (χ1v) is 6.00. The van der Waals surface area contributed by atoms with Crippen molar-refractivity contribution in [3.8, 4) is 0 Å². The van der Waals surface area contributed by atoms with E-state index in [1.54, 1.807) is 12.4 Å². The molecule has 1 aromatic rings. The topological polar surface area (TPSA) is 24.9 Å². The highest BCUT2D eigenvalue weighted by Gasteiger charge is 2.02. The lowest BCUT2D eigenvalue weighted by molar-refractivity contribution is 0.502. The second-order valence-corrected chi connectivity index (χ2v) is 4.47. The number of nitrogens with zero attached hydrogens (tertiary/aromatic N) is 1. The van der Waals surface area contributed by atoms with Crippen molar-refractivity contribution in [3.63, 3.8) is 0 Å². The molecule has 84 valence electrons. The van der Waals surface area contributed by atoms with Crippen LogP contribution < -0.4 is 5.32 Å². The minimum atomic E-state index is 0.600. The molecule has 1 N–H and O–H groups in total. The molecule has 4 heteroatoms. The summed E-state index contributed by atoms with van der Waals surface area (Å²) in [7, 11) is 0. The van der Waals surface area contributed by atoms with E-state index in [9.17, 15) is 0 Å². The Morgan fingerprint density at radius 3 is 3.00 bits per heavy atom. The summed E-state index contributed by atoms with van der Waals surface area (Å²) in [6.45, 7) is 3.93. The molecule has 1 atom stereocenters. The van der Waals surface area contributed by atoms with Crippen LogP contribution in [0.4, 0.5) is 0 Å². The Morgan fingerprint density at radius 2 is 2.33 bits per heavy atom. The Kier molecular flexibility index (Phi) is 5.99. The summed E-state index contributed by atoms with van der Waals surface area (Å²) in [4.78, 5) is 3.94. The number of hydrogen-bond donors (Lipinski definition) is 1. The third-order valence-corrected chi connectivity index (χ3v) is 2.83. The Bertz CT molecular complexity index is 292. The lowest BCUT2D eigenvalue weighted by Crippen LogP contribution is -2.21. The largest absolute Gasteiger partial charge is 0.312 e. The molecular weight excluding hydrogens is 231 g/mol. The molecule has 0 bridgehead atoms. The minimum absolute atomic E-state index is 0.600. The van der Waals surface area contributed by atoms with Crippen LogP contribution in [0.15, 0.2) is 18.5 Å². The summed E-state index contributed by atoms with van der Waals surface area (Å²) < 4.78 is 0. The highest BCUT2D eigenvalue weighted by molar-refractivity contribution is 6.31. The molecule has 1 rings (SSSR count). The second-order valence-electron chi connectivity index (χ2n) is 3.68. The predicted octanol–water partition coefficient (Wildman–Crippen LogP) is 3.09. The van der Waals surface area contributed by atoms with Gasteiger partial charge in [0.1, 0.15) is 0 Å². The number of pyridine rings is 1. The summed E-state index contributed by atoms with van der Waals surface area (Å²) in [5.41, 5.74) is 1.09. The number of hydrogen-bond acceptors (Lipinski definition) is 2. The fourth-order valence-corrected chi connectivity index (χ4v) is 1.85. The van der Waals surface area contributed by atoms with Gasteiger partial charge in [-0.15, -0.1) is 11.6 Å². The van der Waals surface area contributed by atoms with Crippen LogP contribution in [0.2, 0.25) is 5.02 Å². The predicted molar refractivity (Wildman–Crippen MR) is 65.5 cm³/mol. The Morgan fingerprint density at radius 1 is 1.53 bits per heavy atom. The van der Waals surface area contributed by atoms with Gasteiger partial charge in [-0.05, 0) is 30.5 Å². The summed E-state index contributed by atoms with van der Waals surface area (Å²) in [5, 5.41) is 4.07. The quantitative estimate of drug-likeness (QED) is 0.781. The van der Waals surface area contributed by atoms with Crippen LogP contribution in [0, 0.1) is 5.92 Å². The van der Waals surface area contributed by atoms with Gasteiger partial charge in [0.15, 0.2) is 0 Å². The van der Waals surface area contributed by atoms with Crippen LogP contribution in [0.1, 0.15) is 18.9 Å². The maximum absolute atomic E-state index is 5.98. The van der Waals surface area contributed by atoms with Gasteiger partial charge in [-0.25, -0.2) is 0 Å². The molecule has 0 aromatic carbocycles. The van der Waals surface area contributed by atoms with Gasteiger partial charge in [0.2, 0.25) is 0 Å². The molecule has 0 radical (unpaired) electrons. The Labute approximate surface area is 101 Å². The first kappa shape index (κ1) is 12.8. The van der Waals surface area contributed by atoms with Crippen LogP contribution in [0.25, 0.3) is 0 Å². The minimum Gasteiger partial charge on any atom is -0.312 e. The van der Waals surface area contributed by atoms with Gasteiger partial charge in [0, 0.05) is 24.8 Å². The van der Waals surface area contributed by atoms with Crippen molar-refractivity contribution in [2.45, 2.75) is 19.9 Å². The van der Waals surface area contributed by atoms with Crippen LogP contribution in [-0.2, 0) is 6.54 Å². The van der Waals surface area contributed by atoms with E-state index >= 15 is 0 Å². The van der Waals surface area contributed by atoms with E-state index in [1.165, 1.54) is 0 Å². The first-order chi connectivity index (χ1) is 7.24. The average Bonchev–Trinajstić information content (AvgIpc) is 2.21. The molecule has 1 unspecified atom stereocenters. The van der Waals surface area contributed by atoms with Crippen molar-refractivity contribution in [1.82, 2.24) is 10.3 Å². The summed E-state index contributed by atoms with van der Waals surface area (Å²) in [5.74, 6) is 1.32. The third kappa shape index (κ3) is 4.83. The molecule has 0 spiro atoms. The average molecular weight is 247 g/mol. The van der Waals surface area contributed by atoms with Crippen LogP contribution in [-0.4, -0.2) is 17.4 Å². The fourth-order valence-electron chi connectivity index (χ4n) is 1.29. The number of halogens is 2. The van der Waals surface area contributed by atoms with Gasteiger partial charge in [0.25, 0.3) is 0 Å². The molecule has 0 aliphatic rings. The number of nitrogens with one attached hydrogen (secondary N) is 1. The normalized spacial score (nSPS) is 12.7. The van der Waals surface area contributed by atoms with Crippen molar-refractivity contribution in [2.24, 2.45) is 5.92 Å². The summed E-state index contributed by atoms with van der Waals surface area (Å²) >= 11 is 11.6. The Hall–Kier alpha value is -0.310. The monoisotopic (exact) mass is 246 g/mol. The number of alkyl halides is 1. The van der Waals surface area contributed by atoms with E-state index in [0.29, 0.717) is 5.92 Å². The van der Waals surface area contributed by atoms with Crippen molar-refractivity contribution >= 4 is 23.2 Å². The van der Waals surface area contributed by atoms with Crippen LogP contribution >= 0.6 is 23.2 Å². The molecule has 1 heterocycles. The molecule has 0 aliphatic carbocycles. The SMILES string of the molecule is CC(CCCl)CNCc1ccncc1Cl. The lowest BCUT2D eigenvalue weighted by atomic mass is 10.1. The van der Waals surface area contributed by atoms with E-state index in [1.807, 2.05) is 6.07 Å². The number of aromatic nitrogens is 1. The molecule has 0 saturated heterocycles. The second kappa shape index (κ2) is 7.04. The summed E-state index contributed by atoms with van der Waals surface area (Å²) in [6.07, 6.45) is 4.46. The number of rotatable bonds is 6.